The van der Waals surface area contributed by atoms with Gasteiger partial charge in [0.1, 0.15) is 0 Å². The van der Waals surface area contributed by atoms with Crippen LogP contribution < -0.4 is 15.0 Å². The Hall–Kier alpha value is -1.47. The van der Waals surface area contributed by atoms with Crippen molar-refractivity contribution in [2.75, 3.05) is 6.79 Å². The number of benzene rings is 1. The molecule has 0 amide bonds. The van der Waals surface area contributed by atoms with E-state index < -0.39 is 0 Å². The summed E-state index contributed by atoms with van der Waals surface area (Å²) in [6.07, 6.45) is 1.78. The molecule has 7 heteroatoms. The summed E-state index contributed by atoms with van der Waals surface area (Å²) in [7, 11) is 0. The Morgan fingerprint density at radius 2 is 2.09 bits per heavy atom. The lowest BCUT2D eigenvalue weighted by atomic mass is 10.2. The lowest BCUT2D eigenvalue weighted by Crippen LogP contribution is -2.10. The third kappa shape index (κ3) is 3.47. The quantitative estimate of drug-likeness (QED) is 0.633. The molecule has 5 nitrogen and oxygen atoms in total. The fraction of sp³-hybridized carbons (Fsp3) is 0.333. The second-order valence-corrected chi connectivity index (χ2v) is 6.70. The average molecular weight is 383 g/mol. The van der Waals surface area contributed by atoms with Crippen LogP contribution in [0, 0.1) is 0 Å². The van der Waals surface area contributed by atoms with Crippen molar-refractivity contribution in [3.05, 3.63) is 44.3 Å². The first kappa shape index (κ1) is 15.4. The molecule has 1 aromatic carbocycles. The van der Waals surface area contributed by atoms with E-state index in [1.807, 2.05) is 12.1 Å². The normalized spacial score (nSPS) is 12.6. The van der Waals surface area contributed by atoms with Gasteiger partial charge < -0.3 is 14.5 Å². The van der Waals surface area contributed by atoms with Gasteiger partial charge in [0.05, 0.1) is 0 Å². The minimum Gasteiger partial charge on any atom is -0.454 e. The lowest BCUT2D eigenvalue weighted by molar-refractivity contribution is 0.174. The van der Waals surface area contributed by atoms with Crippen LogP contribution in [0.5, 0.6) is 11.5 Å². The van der Waals surface area contributed by atoms with Crippen LogP contribution in [0.2, 0.25) is 0 Å². The van der Waals surface area contributed by atoms with Crippen molar-refractivity contribution in [3.63, 3.8) is 0 Å². The molecule has 0 radical (unpaired) electrons. The molecule has 1 aliphatic rings. The predicted molar refractivity (Wildman–Crippen MR) is 88.7 cm³/mol. The largest absolute Gasteiger partial charge is 0.454 e. The third-order valence-corrected chi connectivity index (χ3v) is 4.85. The Kier molecular flexibility index (Phi) is 4.73. The van der Waals surface area contributed by atoms with Gasteiger partial charge in [-0.1, -0.05) is 41.0 Å². The molecule has 22 heavy (non-hydrogen) atoms. The van der Waals surface area contributed by atoms with E-state index >= 15 is 0 Å². The monoisotopic (exact) mass is 382 g/mol. The Morgan fingerprint density at radius 1 is 1.32 bits per heavy atom. The molecule has 2 aromatic rings. The zero-order chi connectivity index (χ0) is 15.5. The number of nitrogens with one attached hydrogen (secondary N) is 1. The van der Waals surface area contributed by atoms with Crippen molar-refractivity contribution in [2.24, 2.45) is 0 Å². The Morgan fingerprint density at radius 3 is 2.86 bits per heavy atom. The maximum atomic E-state index is 11.7. The number of halogens is 1. The molecule has 0 aliphatic carbocycles. The predicted octanol–water partition coefficient (Wildman–Crippen LogP) is 3.51. The minimum absolute atomic E-state index is 0.106. The van der Waals surface area contributed by atoms with Crippen molar-refractivity contribution in [1.82, 2.24) is 9.97 Å². The number of ether oxygens (including phenoxy) is 2. The number of nitrogens with zero attached hydrogens (tertiary/aromatic N) is 1. The van der Waals surface area contributed by atoms with E-state index in [4.69, 9.17) is 9.47 Å². The highest BCUT2D eigenvalue weighted by atomic mass is 79.9. The van der Waals surface area contributed by atoms with Crippen LogP contribution in [-0.2, 0) is 12.2 Å². The van der Waals surface area contributed by atoms with Crippen molar-refractivity contribution < 1.29 is 9.47 Å². The summed E-state index contributed by atoms with van der Waals surface area (Å²) in [5.74, 6) is 2.17. The first-order chi connectivity index (χ1) is 10.7. The number of aryl methyl sites for hydroxylation is 1. The summed E-state index contributed by atoms with van der Waals surface area (Å²) in [6, 6.07) is 5.42. The van der Waals surface area contributed by atoms with Crippen LogP contribution in [0.25, 0.3) is 0 Å². The zero-order valence-electron chi connectivity index (χ0n) is 12.0. The maximum absolute atomic E-state index is 11.7. The molecule has 0 saturated carbocycles. The molecule has 116 valence electrons. The number of hydrogen-bond acceptors (Lipinski definition) is 5. The molecule has 2 heterocycles. The van der Waals surface area contributed by atoms with Gasteiger partial charge in [-0.2, -0.15) is 0 Å². The molecular formula is C15H15BrN2O3S. The van der Waals surface area contributed by atoms with Crippen LogP contribution in [0.4, 0.5) is 0 Å². The van der Waals surface area contributed by atoms with E-state index in [0.29, 0.717) is 10.9 Å². The fourth-order valence-corrected chi connectivity index (χ4v) is 3.69. The SMILES string of the molecule is CCCc1cc(=O)[nH]c(SCc2cc3c(cc2Br)OCO3)n1. The fourth-order valence-electron chi connectivity index (χ4n) is 2.15. The summed E-state index contributed by atoms with van der Waals surface area (Å²) in [4.78, 5) is 18.9. The van der Waals surface area contributed by atoms with E-state index in [2.05, 4.69) is 32.8 Å². The van der Waals surface area contributed by atoms with Crippen LogP contribution >= 0.6 is 27.7 Å². The topological polar surface area (TPSA) is 64.2 Å². The first-order valence-corrected chi connectivity index (χ1v) is 8.74. The second-order valence-electron chi connectivity index (χ2n) is 4.88. The number of fused-ring (bicyclic) bond motifs is 1. The van der Waals surface area contributed by atoms with Gasteiger partial charge in [-0.15, -0.1) is 0 Å². The van der Waals surface area contributed by atoms with Gasteiger partial charge in [0.2, 0.25) is 6.79 Å². The molecule has 0 atom stereocenters. The highest BCUT2D eigenvalue weighted by Gasteiger charge is 2.16. The molecule has 0 unspecified atom stereocenters. The van der Waals surface area contributed by atoms with E-state index in [1.165, 1.54) is 11.8 Å². The second kappa shape index (κ2) is 6.75. The van der Waals surface area contributed by atoms with Gasteiger partial charge in [-0.25, -0.2) is 4.98 Å². The Balaban J connectivity index is 1.76. The number of aromatic nitrogens is 2. The smallest absolute Gasteiger partial charge is 0.251 e. The molecule has 0 bridgehead atoms. The van der Waals surface area contributed by atoms with Gasteiger partial charge in [0.15, 0.2) is 16.7 Å². The number of rotatable bonds is 5. The molecule has 0 spiro atoms. The third-order valence-electron chi connectivity index (χ3n) is 3.19. The molecule has 0 fully saturated rings. The average Bonchev–Trinajstić information content (AvgIpc) is 2.91. The molecule has 1 aromatic heterocycles. The van der Waals surface area contributed by atoms with E-state index in [9.17, 15) is 4.79 Å². The molecule has 3 rings (SSSR count). The first-order valence-electron chi connectivity index (χ1n) is 6.96. The number of H-pyrrole nitrogens is 1. The van der Waals surface area contributed by atoms with Crippen LogP contribution in [0.15, 0.2) is 32.6 Å². The van der Waals surface area contributed by atoms with Gasteiger partial charge in [0, 0.05) is 22.0 Å². The van der Waals surface area contributed by atoms with E-state index in [-0.39, 0.29) is 12.4 Å². The molecule has 0 saturated heterocycles. The summed E-state index contributed by atoms with van der Waals surface area (Å²) in [5.41, 5.74) is 1.79. The molecule has 1 N–H and O–H groups in total. The van der Waals surface area contributed by atoms with Gasteiger partial charge in [-0.3, -0.25) is 4.79 Å². The minimum atomic E-state index is -0.106. The van der Waals surface area contributed by atoms with Crippen LogP contribution in [0.1, 0.15) is 24.6 Å². The Labute approximate surface area is 140 Å². The van der Waals surface area contributed by atoms with Crippen molar-refractivity contribution in [1.29, 1.82) is 0 Å². The number of thioether (sulfide) groups is 1. The van der Waals surface area contributed by atoms with Crippen molar-refractivity contribution in [3.8, 4) is 11.5 Å². The molecular weight excluding hydrogens is 368 g/mol. The number of aromatic amines is 1. The van der Waals surface area contributed by atoms with E-state index in [1.54, 1.807) is 6.07 Å². The zero-order valence-corrected chi connectivity index (χ0v) is 14.4. The highest BCUT2D eigenvalue weighted by Crippen LogP contribution is 2.38. The van der Waals surface area contributed by atoms with Gasteiger partial charge in [0.25, 0.3) is 5.56 Å². The lowest BCUT2D eigenvalue weighted by Gasteiger charge is -2.07. The van der Waals surface area contributed by atoms with E-state index in [0.717, 1.165) is 40.1 Å². The molecule has 1 aliphatic heterocycles. The van der Waals surface area contributed by atoms with Gasteiger partial charge in [-0.05, 0) is 24.1 Å². The van der Waals surface area contributed by atoms with Crippen molar-refractivity contribution >= 4 is 27.7 Å². The number of hydrogen-bond donors (Lipinski definition) is 1. The summed E-state index contributed by atoms with van der Waals surface area (Å²) < 4.78 is 11.7. The Bertz CT molecular complexity index is 748. The summed E-state index contributed by atoms with van der Waals surface area (Å²) in [5, 5.41) is 0.639. The van der Waals surface area contributed by atoms with Crippen LogP contribution in [0.3, 0.4) is 0 Å². The standard InChI is InChI=1S/C15H15BrN2O3S/c1-2-3-10-5-14(19)18-15(17-10)22-7-9-4-12-13(6-11(9)16)21-8-20-12/h4-6H,2-3,7-8H2,1H3,(H,17,18,19). The van der Waals surface area contributed by atoms with Crippen molar-refractivity contribution in [2.45, 2.75) is 30.7 Å². The summed E-state index contributed by atoms with van der Waals surface area (Å²) >= 11 is 5.03. The summed E-state index contributed by atoms with van der Waals surface area (Å²) in [6.45, 7) is 2.33. The maximum Gasteiger partial charge on any atom is 0.251 e. The van der Waals surface area contributed by atoms with Gasteiger partial charge >= 0.3 is 0 Å². The van der Waals surface area contributed by atoms with Crippen LogP contribution in [-0.4, -0.2) is 16.8 Å². The highest BCUT2D eigenvalue weighted by molar-refractivity contribution is 9.10.